The number of amides is 2. The fourth-order valence-electron chi connectivity index (χ4n) is 2.40. The van der Waals surface area contributed by atoms with Crippen molar-refractivity contribution in [3.63, 3.8) is 0 Å². The van der Waals surface area contributed by atoms with Crippen LogP contribution in [0.15, 0.2) is 34.9 Å². The van der Waals surface area contributed by atoms with E-state index in [4.69, 9.17) is 9.63 Å². The zero-order valence-electron chi connectivity index (χ0n) is 14.9. The van der Waals surface area contributed by atoms with Gasteiger partial charge in [0.25, 0.3) is 0 Å². The van der Waals surface area contributed by atoms with Crippen LogP contribution in [0.5, 0.6) is 0 Å². The largest absolute Gasteiger partial charge is 0.396 e. The number of benzene rings is 1. The molecule has 1 aromatic heterocycles. The maximum atomic E-state index is 12.0. The van der Waals surface area contributed by atoms with Crippen LogP contribution in [0.2, 0.25) is 0 Å². The van der Waals surface area contributed by atoms with Gasteiger partial charge in [0.15, 0.2) is 0 Å². The highest BCUT2D eigenvalue weighted by molar-refractivity contribution is 5.74. The van der Waals surface area contributed by atoms with E-state index < -0.39 is 0 Å². The smallest absolute Gasteiger partial charge is 0.315 e. The molecule has 7 nitrogen and oxygen atoms in total. The summed E-state index contributed by atoms with van der Waals surface area (Å²) in [5, 5.41) is 18.7. The van der Waals surface area contributed by atoms with Crippen LogP contribution in [0.1, 0.15) is 39.0 Å². The number of nitrogens with one attached hydrogen (secondary N) is 2. The molecule has 2 aromatic rings. The molecule has 0 aliphatic rings. The highest BCUT2D eigenvalue weighted by atomic mass is 16.5. The normalized spacial score (nSPS) is 13.5. The van der Waals surface area contributed by atoms with Crippen LogP contribution in [0.3, 0.4) is 0 Å². The van der Waals surface area contributed by atoms with Crippen LogP contribution < -0.4 is 10.6 Å². The molecule has 0 saturated heterocycles. The average Bonchev–Trinajstić information content (AvgIpc) is 3.10. The first-order valence-corrected chi connectivity index (χ1v) is 8.55. The summed E-state index contributed by atoms with van der Waals surface area (Å²) in [5.41, 5.74) is 0.888. The van der Waals surface area contributed by atoms with Crippen molar-refractivity contribution in [1.29, 1.82) is 0 Å². The highest BCUT2D eigenvalue weighted by Gasteiger charge is 2.18. The fraction of sp³-hybridized carbons (Fsp3) is 0.500. The summed E-state index contributed by atoms with van der Waals surface area (Å²) in [7, 11) is 0. The van der Waals surface area contributed by atoms with Gasteiger partial charge < -0.3 is 20.3 Å². The van der Waals surface area contributed by atoms with Crippen molar-refractivity contribution in [2.24, 2.45) is 5.92 Å². The number of hydrogen-bond acceptors (Lipinski definition) is 5. The van der Waals surface area contributed by atoms with E-state index in [1.54, 1.807) is 0 Å². The number of rotatable bonds is 8. The van der Waals surface area contributed by atoms with E-state index in [1.807, 2.05) is 51.1 Å². The van der Waals surface area contributed by atoms with E-state index in [0.717, 1.165) is 5.56 Å². The lowest BCUT2D eigenvalue weighted by molar-refractivity contribution is 0.218. The summed E-state index contributed by atoms with van der Waals surface area (Å²) in [6, 6.07) is 9.26. The van der Waals surface area contributed by atoms with Crippen LogP contribution in [-0.4, -0.2) is 40.5 Å². The number of carbonyl (C=O) groups excluding carboxylic acids is 1. The summed E-state index contributed by atoms with van der Waals surface area (Å²) in [4.78, 5) is 16.4. The van der Waals surface area contributed by atoms with Gasteiger partial charge in [-0.3, -0.25) is 0 Å². The second-order valence-electron chi connectivity index (χ2n) is 6.44. The van der Waals surface area contributed by atoms with E-state index >= 15 is 0 Å². The van der Waals surface area contributed by atoms with Crippen LogP contribution in [-0.2, 0) is 0 Å². The zero-order chi connectivity index (χ0) is 18.2. The molecule has 0 spiro atoms. The molecule has 1 aromatic carbocycles. The topological polar surface area (TPSA) is 100 Å². The fourth-order valence-corrected chi connectivity index (χ4v) is 2.40. The third-order valence-corrected chi connectivity index (χ3v) is 4.03. The van der Waals surface area contributed by atoms with Crippen molar-refractivity contribution < 1.29 is 14.4 Å². The molecule has 0 aliphatic carbocycles. The minimum atomic E-state index is -0.262. The monoisotopic (exact) mass is 346 g/mol. The Labute approximate surface area is 147 Å². The van der Waals surface area contributed by atoms with Crippen molar-refractivity contribution >= 4 is 6.03 Å². The first kappa shape index (κ1) is 18.9. The second-order valence-corrected chi connectivity index (χ2v) is 6.44. The Balaban J connectivity index is 1.87. The number of nitrogens with zero attached hydrogens (tertiary/aromatic N) is 2. The van der Waals surface area contributed by atoms with Crippen molar-refractivity contribution in [3.8, 4) is 11.4 Å². The molecule has 1 heterocycles. The van der Waals surface area contributed by atoms with E-state index in [2.05, 4.69) is 20.8 Å². The Hall–Kier alpha value is -2.41. The Kier molecular flexibility index (Phi) is 6.94. The van der Waals surface area contributed by atoms with Crippen molar-refractivity contribution in [1.82, 2.24) is 20.8 Å². The van der Waals surface area contributed by atoms with Gasteiger partial charge in [0.05, 0.1) is 5.92 Å². The highest BCUT2D eigenvalue weighted by Crippen LogP contribution is 2.19. The lowest BCUT2D eigenvalue weighted by Gasteiger charge is -2.22. The number of aromatic nitrogens is 2. The molecule has 3 N–H and O–H groups in total. The van der Waals surface area contributed by atoms with Gasteiger partial charge in [-0.2, -0.15) is 4.98 Å². The van der Waals surface area contributed by atoms with E-state index in [-0.39, 0.29) is 30.5 Å². The molecular weight excluding hydrogens is 320 g/mol. The molecule has 136 valence electrons. The zero-order valence-corrected chi connectivity index (χ0v) is 14.9. The molecule has 25 heavy (non-hydrogen) atoms. The molecule has 0 aliphatic heterocycles. The van der Waals surface area contributed by atoms with Crippen molar-refractivity contribution in [3.05, 3.63) is 36.2 Å². The first-order valence-electron chi connectivity index (χ1n) is 8.55. The molecule has 2 atom stereocenters. The third kappa shape index (κ3) is 5.56. The molecular formula is C18H26N4O3. The minimum absolute atomic E-state index is 0.0454. The van der Waals surface area contributed by atoms with Crippen LogP contribution in [0.4, 0.5) is 4.79 Å². The van der Waals surface area contributed by atoms with Crippen LogP contribution >= 0.6 is 0 Å². The second kappa shape index (κ2) is 9.17. The summed E-state index contributed by atoms with van der Waals surface area (Å²) < 4.78 is 5.31. The average molecular weight is 346 g/mol. The van der Waals surface area contributed by atoms with E-state index in [0.29, 0.717) is 24.7 Å². The number of hydrogen-bond donors (Lipinski definition) is 3. The van der Waals surface area contributed by atoms with Gasteiger partial charge in [-0.1, -0.05) is 56.3 Å². The van der Waals surface area contributed by atoms with Crippen molar-refractivity contribution in [2.45, 2.75) is 39.2 Å². The van der Waals surface area contributed by atoms with Gasteiger partial charge in [0.2, 0.25) is 11.7 Å². The summed E-state index contributed by atoms with van der Waals surface area (Å²) in [6.07, 6.45) is 0.532. The predicted molar refractivity (Wildman–Crippen MR) is 95.0 cm³/mol. The molecule has 0 saturated carbocycles. The lowest BCUT2D eigenvalue weighted by Crippen LogP contribution is -2.45. The molecule has 2 rings (SSSR count). The van der Waals surface area contributed by atoms with Gasteiger partial charge in [0, 0.05) is 24.8 Å². The van der Waals surface area contributed by atoms with Crippen LogP contribution in [0, 0.1) is 5.92 Å². The number of carbonyl (C=O) groups is 1. The quantitative estimate of drug-likeness (QED) is 0.682. The maximum absolute atomic E-state index is 12.0. The maximum Gasteiger partial charge on any atom is 0.315 e. The standard InChI is InChI=1S/C18H26N4O3/c1-12(2)15(9-10-23)20-18(24)19-11-13(3)17-21-16(22-25-17)14-7-5-4-6-8-14/h4-8,12-13,15,23H,9-11H2,1-3H3,(H2,19,20,24). The van der Waals surface area contributed by atoms with Gasteiger partial charge in [-0.05, 0) is 12.3 Å². The summed E-state index contributed by atoms with van der Waals surface area (Å²) in [6.45, 7) is 6.35. The Morgan fingerprint density at radius 1 is 1.24 bits per heavy atom. The summed E-state index contributed by atoms with van der Waals surface area (Å²) in [5.74, 6) is 1.16. The third-order valence-electron chi connectivity index (χ3n) is 4.03. The molecule has 0 bridgehead atoms. The Morgan fingerprint density at radius 2 is 1.96 bits per heavy atom. The van der Waals surface area contributed by atoms with E-state index in [1.165, 1.54) is 0 Å². The molecule has 7 heteroatoms. The van der Waals surface area contributed by atoms with Gasteiger partial charge >= 0.3 is 6.03 Å². The van der Waals surface area contributed by atoms with Crippen LogP contribution in [0.25, 0.3) is 11.4 Å². The van der Waals surface area contributed by atoms with Gasteiger partial charge in [0.1, 0.15) is 0 Å². The summed E-state index contributed by atoms with van der Waals surface area (Å²) >= 11 is 0. The molecule has 2 unspecified atom stereocenters. The van der Waals surface area contributed by atoms with Gasteiger partial charge in [-0.25, -0.2) is 4.79 Å². The molecule has 2 amide bonds. The Morgan fingerprint density at radius 3 is 2.60 bits per heavy atom. The SMILES string of the molecule is CC(CNC(=O)NC(CCO)C(C)C)c1nc(-c2ccccc2)no1. The van der Waals surface area contributed by atoms with Crippen molar-refractivity contribution in [2.75, 3.05) is 13.2 Å². The number of aliphatic hydroxyl groups is 1. The van der Waals surface area contributed by atoms with Gasteiger partial charge in [-0.15, -0.1) is 0 Å². The number of urea groups is 1. The number of aliphatic hydroxyl groups excluding tert-OH is 1. The lowest BCUT2D eigenvalue weighted by atomic mass is 10.0. The first-order chi connectivity index (χ1) is 12.0. The minimum Gasteiger partial charge on any atom is -0.396 e. The van der Waals surface area contributed by atoms with E-state index in [9.17, 15) is 4.79 Å². The Bertz CT molecular complexity index is 657. The predicted octanol–water partition coefficient (Wildman–Crippen LogP) is 2.55. The molecule has 0 radical (unpaired) electrons. The molecule has 0 fully saturated rings.